The molecule has 0 spiro atoms. The standard InChI is InChI=1S/C24H19F3N2O2/c1-14-10-16(24(25,26)27)2-4-18(14)15-7-9-29(23(30)11-15)17-3-5-19-20-13-28-8-6-21(20)31-22(19)12-17/h2-5,7,9-12,28H,6,8,13H2,1H3. The van der Waals surface area contributed by atoms with Gasteiger partial charge in [0.15, 0.2) is 0 Å². The predicted octanol–water partition coefficient (Wildman–Crippen LogP) is 5.22. The van der Waals surface area contributed by atoms with Crippen LogP contribution in [0, 0.1) is 6.92 Å². The second-order valence-electron chi connectivity index (χ2n) is 7.76. The lowest BCUT2D eigenvalue weighted by Crippen LogP contribution is -2.22. The van der Waals surface area contributed by atoms with Crippen LogP contribution in [-0.2, 0) is 19.1 Å². The third-order valence-electron chi connectivity index (χ3n) is 5.75. The van der Waals surface area contributed by atoms with Gasteiger partial charge in [0.25, 0.3) is 5.56 Å². The van der Waals surface area contributed by atoms with Crippen LogP contribution in [0.1, 0.15) is 22.5 Å². The molecule has 0 aliphatic carbocycles. The number of halogens is 3. The Bertz CT molecular complexity index is 1370. The summed E-state index contributed by atoms with van der Waals surface area (Å²) in [6.07, 6.45) is -1.92. The van der Waals surface area contributed by atoms with Gasteiger partial charge in [-0.3, -0.25) is 9.36 Å². The van der Waals surface area contributed by atoms with Gasteiger partial charge in [-0.2, -0.15) is 13.2 Å². The fourth-order valence-electron chi connectivity index (χ4n) is 4.17. The van der Waals surface area contributed by atoms with E-state index in [-0.39, 0.29) is 5.56 Å². The quantitative estimate of drug-likeness (QED) is 0.480. The monoisotopic (exact) mass is 424 g/mol. The first kappa shape index (κ1) is 19.6. The SMILES string of the molecule is Cc1cc(C(F)(F)F)ccc1-c1ccn(-c2ccc3c4c(oc3c2)CCNC4)c(=O)c1. The molecule has 3 heterocycles. The summed E-state index contributed by atoms with van der Waals surface area (Å²) in [6, 6.07) is 12.4. The molecule has 7 heteroatoms. The maximum atomic E-state index is 12.9. The number of alkyl halides is 3. The average Bonchev–Trinajstić information content (AvgIpc) is 3.10. The number of aryl methyl sites for hydroxylation is 1. The van der Waals surface area contributed by atoms with E-state index in [2.05, 4.69) is 5.32 Å². The average molecular weight is 424 g/mol. The number of fused-ring (bicyclic) bond motifs is 3. The zero-order valence-corrected chi connectivity index (χ0v) is 16.7. The maximum absolute atomic E-state index is 12.9. The molecule has 2 aromatic heterocycles. The summed E-state index contributed by atoms with van der Waals surface area (Å²) in [5, 5.41) is 4.37. The molecule has 0 fully saturated rings. The number of hydrogen-bond acceptors (Lipinski definition) is 3. The van der Waals surface area contributed by atoms with Gasteiger partial charge in [0, 0.05) is 48.8 Å². The summed E-state index contributed by atoms with van der Waals surface area (Å²) in [5.41, 5.74) is 3.23. The minimum atomic E-state index is -4.40. The minimum absolute atomic E-state index is 0.269. The maximum Gasteiger partial charge on any atom is 0.416 e. The van der Waals surface area contributed by atoms with Crippen LogP contribution in [0.15, 0.2) is 63.9 Å². The smallest absolute Gasteiger partial charge is 0.416 e. The van der Waals surface area contributed by atoms with Crippen molar-refractivity contribution in [1.29, 1.82) is 0 Å². The lowest BCUT2D eigenvalue weighted by molar-refractivity contribution is -0.137. The summed E-state index contributed by atoms with van der Waals surface area (Å²) < 4.78 is 46.3. The molecule has 0 bridgehead atoms. The van der Waals surface area contributed by atoms with Crippen molar-refractivity contribution in [2.75, 3.05) is 6.54 Å². The highest BCUT2D eigenvalue weighted by atomic mass is 19.4. The minimum Gasteiger partial charge on any atom is -0.461 e. The van der Waals surface area contributed by atoms with Crippen molar-refractivity contribution in [2.24, 2.45) is 0 Å². The van der Waals surface area contributed by atoms with Crippen LogP contribution in [0.5, 0.6) is 0 Å². The number of aromatic nitrogens is 1. The van der Waals surface area contributed by atoms with Crippen LogP contribution < -0.4 is 10.9 Å². The first-order valence-corrected chi connectivity index (χ1v) is 9.97. The molecule has 0 atom stereocenters. The number of hydrogen-bond donors (Lipinski definition) is 1. The molecule has 0 saturated heterocycles. The van der Waals surface area contributed by atoms with Gasteiger partial charge < -0.3 is 9.73 Å². The number of nitrogens with one attached hydrogen (secondary N) is 1. The lowest BCUT2D eigenvalue weighted by atomic mass is 9.99. The Balaban J connectivity index is 1.52. The topological polar surface area (TPSA) is 47.2 Å². The van der Waals surface area contributed by atoms with E-state index in [0.717, 1.165) is 53.9 Å². The number of furan rings is 1. The highest BCUT2D eigenvalue weighted by molar-refractivity contribution is 5.84. The molecule has 31 heavy (non-hydrogen) atoms. The highest BCUT2D eigenvalue weighted by Gasteiger charge is 2.30. The molecule has 5 rings (SSSR count). The molecule has 1 aliphatic rings. The summed E-state index contributed by atoms with van der Waals surface area (Å²) in [5.74, 6) is 0.978. The Kier molecular flexibility index (Phi) is 4.51. The fraction of sp³-hybridized carbons (Fsp3) is 0.208. The first-order valence-electron chi connectivity index (χ1n) is 9.97. The van der Waals surface area contributed by atoms with Gasteiger partial charge in [-0.05, 0) is 53.9 Å². The summed E-state index contributed by atoms with van der Waals surface area (Å²) in [7, 11) is 0. The van der Waals surface area contributed by atoms with Crippen molar-refractivity contribution in [3.05, 3.63) is 87.5 Å². The van der Waals surface area contributed by atoms with Crippen LogP contribution in [-0.4, -0.2) is 11.1 Å². The van der Waals surface area contributed by atoms with Gasteiger partial charge in [-0.15, -0.1) is 0 Å². The fourth-order valence-corrected chi connectivity index (χ4v) is 4.17. The molecule has 1 N–H and O–H groups in total. The van der Waals surface area contributed by atoms with Gasteiger partial charge in [0.2, 0.25) is 0 Å². The largest absolute Gasteiger partial charge is 0.461 e. The van der Waals surface area contributed by atoms with Gasteiger partial charge >= 0.3 is 6.18 Å². The zero-order chi connectivity index (χ0) is 21.8. The Labute approximate surface area is 175 Å². The van der Waals surface area contributed by atoms with E-state index in [1.807, 2.05) is 18.2 Å². The van der Waals surface area contributed by atoms with Crippen LogP contribution in [0.2, 0.25) is 0 Å². The molecular formula is C24H19F3N2O2. The van der Waals surface area contributed by atoms with E-state index in [9.17, 15) is 18.0 Å². The second kappa shape index (κ2) is 7.13. The lowest BCUT2D eigenvalue weighted by Gasteiger charge is -2.12. The van der Waals surface area contributed by atoms with E-state index in [4.69, 9.17) is 4.42 Å². The van der Waals surface area contributed by atoms with Crippen molar-refractivity contribution in [3.8, 4) is 16.8 Å². The molecule has 4 aromatic rings. The number of pyridine rings is 1. The number of benzene rings is 2. The van der Waals surface area contributed by atoms with E-state index in [1.165, 1.54) is 16.7 Å². The summed E-state index contributed by atoms with van der Waals surface area (Å²) >= 11 is 0. The first-order chi connectivity index (χ1) is 14.8. The van der Waals surface area contributed by atoms with Crippen LogP contribution in [0.4, 0.5) is 13.2 Å². The highest BCUT2D eigenvalue weighted by Crippen LogP contribution is 2.33. The molecule has 0 unspecified atom stereocenters. The Morgan fingerprint density at radius 2 is 1.90 bits per heavy atom. The zero-order valence-electron chi connectivity index (χ0n) is 16.7. The molecule has 0 amide bonds. The van der Waals surface area contributed by atoms with Gasteiger partial charge in [0.1, 0.15) is 11.3 Å². The third-order valence-corrected chi connectivity index (χ3v) is 5.75. The Hall–Kier alpha value is -3.32. The van der Waals surface area contributed by atoms with Crippen molar-refractivity contribution < 1.29 is 17.6 Å². The van der Waals surface area contributed by atoms with Crippen LogP contribution >= 0.6 is 0 Å². The van der Waals surface area contributed by atoms with Crippen molar-refractivity contribution >= 4 is 11.0 Å². The predicted molar refractivity (Wildman–Crippen MR) is 112 cm³/mol. The van der Waals surface area contributed by atoms with Gasteiger partial charge in [0.05, 0.1) is 11.3 Å². The normalized spacial score (nSPS) is 14.1. The van der Waals surface area contributed by atoms with E-state index in [1.54, 1.807) is 19.2 Å². The molecule has 0 radical (unpaired) electrons. The van der Waals surface area contributed by atoms with Crippen LogP contribution in [0.3, 0.4) is 0 Å². The van der Waals surface area contributed by atoms with Crippen molar-refractivity contribution in [3.63, 3.8) is 0 Å². The molecule has 1 aliphatic heterocycles. The van der Waals surface area contributed by atoms with E-state index in [0.29, 0.717) is 22.4 Å². The summed E-state index contributed by atoms with van der Waals surface area (Å²) in [4.78, 5) is 12.8. The van der Waals surface area contributed by atoms with E-state index >= 15 is 0 Å². The second-order valence-corrected chi connectivity index (χ2v) is 7.76. The number of nitrogens with zero attached hydrogens (tertiary/aromatic N) is 1. The number of rotatable bonds is 2. The Morgan fingerprint density at radius 1 is 1.06 bits per heavy atom. The van der Waals surface area contributed by atoms with E-state index < -0.39 is 11.7 Å². The Morgan fingerprint density at radius 3 is 2.65 bits per heavy atom. The molecular weight excluding hydrogens is 405 g/mol. The van der Waals surface area contributed by atoms with Crippen molar-refractivity contribution in [2.45, 2.75) is 26.1 Å². The molecule has 2 aromatic carbocycles. The molecule has 0 saturated carbocycles. The van der Waals surface area contributed by atoms with Gasteiger partial charge in [-0.25, -0.2) is 0 Å². The van der Waals surface area contributed by atoms with Crippen molar-refractivity contribution in [1.82, 2.24) is 9.88 Å². The van der Waals surface area contributed by atoms with Crippen LogP contribution in [0.25, 0.3) is 27.8 Å². The van der Waals surface area contributed by atoms with Gasteiger partial charge in [-0.1, -0.05) is 6.07 Å². The molecule has 4 nitrogen and oxygen atoms in total. The molecule has 158 valence electrons. The summed E-state index contributed by atoms with van der Waals surface area (Å²) in [6.45, 7) is 3.25. The third kappa shape index (κ3) is 3.45.